The molecule has 0 aliphatic heterocycles. The molecular formula is C22H15N3O5. The Bertz CT molecular complexity index is 1380. The summed E-state index contributed by atoms with van der Waals surface area (Å²) in [7, 11) is 0. The molecule has 1 aromatic heterocycles. The lowest BCUT2D eigenvalue weighted by molar-refractivity contribution is -0.384. The van der Waals surface area contributed by atoms with Gasteiger partial charge in [0.2, 0.25) is 0 Å². The zero-order chi connectivity index (χ0) is 21.4. The third-order valence-corrected chi connectivity index (χ3v) is 4.83. The number of aromatic nitrogens is 1. The number of non-ortho nitro benzene ring substituents is 1. The van der Waals surface area contributed by atoms with Crippen molar-refractivity contribution in [1.29, 1.82) is 0 Å². The molecule has 0 fully saturated rings. The number of carboxylic acid groups (broad SMARTS) is 1. The smallest absolute Gasteiger partial charge is 0.335 e. The van der Waals surface area contributed by atoms with E-state index in [0.29, 0.717) is 10.9 Å². The second-order valence-electron chi connectivity index (χ2n) is 6.61. The molecule has 30 heavy (non-hydrogen) atoms. The van der Waals surface area contributed by atoms with Crippen LogP contribution in [0.25, 0.3) is 27.6 Å². The normalized spacial score (nSPS) is 10.8. The first-order valence-corrected chi connectivity index (χ1v) is 8.90. The lowest BCUT2D eigenvalue weighted by atomic mass is 9.98. The van der Waals surface area contributed by atoms with Crippen LogP contribution >= 0.6 is 0 Å². The van der Waals surface area contributed by atoms with Gasteiger partial charge in [0.25, 0.3) is 11.2 Å². The molecule has 4 aromatic rings. The number of nitro groups is 1. The average Bonchev–Trinajstić information content (AvgIpc) is 2.74. The lowest BCUT2D eigenvalue weighted by Crippen LogP contribution is -2.23. The van der Waals surface area contributed by atoms with E-state index in [1.165, 1.54) is 41.0 Å². The van der Waals surface area contributed by atoms with Crippen molar-refractivity contribution < 1.29 is 14.8 Å². The van der Waals surface area contributed by atoms with Gasteiger partial charge in [-0.2, -0.15) is 0 Å². The van der Waals surface area contributed by atoms with E-state index in [-0.39, 0.29) is 28.1 Å². The number of nitrogen functional groups attached to an aromatic ring is 1. The highest BCUT2D eigenvalue weighted by molar-refractivity contribution is 6.02. The molecule has 0 aliphatic rings. The Morgan fingerprint density at radius 1 is 0.967 bits per heavy atom. The van der Waals surface area contributed by atoms with E-state index in [1.807, 2.05) is 30.3 Å². The first-order chi connectivity index (χ1) is 14.4. The van der Waals surface area contributed by atoms with Gasteiger partial charge in [0.05, 0.1) is 21.6 Å². The lowest BCUT2D eigenvalue weighted by Gasteiger charge is -2.17. The molecule has 0 saturated carbocycles. The molecular weight excluding hydrogens is 386 g/mol. The number of nitro benzene ring substituents is 1. The van der Waals surface area contributed by atoms with Gasteiger partial charge in [-0.3, -0.25) is 19.5 Å². The first-order valence-electron chi connectivity index (χ1n) is 8.90. The van der Waals surface area contributed by atoms with Crippen LogP contribution in [0, 0.1) is 10.1 Å². The summed E-state index contributed by atoms with van der Waals surface area (Å²) in [5.41, 5.74) is 7.10. The van der Waals surface area contributed by atoms with E-state index in [0.717, 1.165) is 5.56 Å². The van der Waals surface area contributed by atoms with E-state index in [9.17, 15) is 24.8 Å². The number of carbonyl (C=O) groups is 1. The highest BCUT2D eigenvalue weighted by Crippen LogP contribution is 2.34. The zero-order valence-electron chi connectivity index (χ0n) is 15.5. The van der Waals surface area contributed by atoms with E-state index in [1.54, 1.807) is 6.07 Å². The molecule has 8 nitrogen and oxygen atoms in total. The Kier molecular flexibility index (Phi) is 4.51. The van der Waals surface area contributed by atoms with Crippen LogP contribution in [0.15, 0.2) is 77.6 Å². The number of nitrogens with zero attached hydrogens (tertiary/aromatic N) is 2. The van der Waals surface area contributed by atoms with Crippen LogP contribution in [0.1, 0.15) is 10.4 Å². The summed E-state index contributed by atoms with van der Waals surface area (Å²) in [5, 5.41) is 21.1. The fourth-order valence-corrected chi connectivity index (χ4v) is 3.46. The van der Waals surface area contributed by atoms with Crippen LogP contribution < -0.4 is 11.3 Å². The van der Waals surface area contributed by atoms with Gasteiger partial charge in [-0.05, 0) is 35.2 Å². The monoisotopic (exact) mass is 401 g/mol. The van der Waals surface area contributed by atoms with Crippen LogP contribution in [0.3, 0.4) is 0 Å². The van der Waals surface area contributed by atoms with Gasteiger partial charge in [-0.15, -0.1) is 0 Å². The molecule has 8 heteroatoms. The fourth-order valence-electron chi connectivity index (χ4n) is 3.46. The SMILES string of the molecule is Nc1c(-c2ccccc2)c2ccc([N+](=O)[O-])cc2c(=O)n1-c1cccc(C(=O)O)c1. The van der Waals surface area contributed by atoms with Crippen molar-refractivity contribution in [3.63, 3.8) is 0 Å². The van der Waals surface area contributed by atoms with Crippen molar-refractivity contribution in [2.45, 2.75) is 0 Å². The average molecular weight is 401 g/mol. The van der Waals surface area contributed by atoms with Gasteiger partial charge < -0.3 is 10.8 Å². The predicted octanol–water partition coefficient (Wildman–Crippen LogP) is 3.85. The number of nitrogens with two attached hydrogens (primary N) is 1. The van der Waals surface area contributed by atoms with Crippen LogP contribution in [-0.2, 0) is 0 Å². The molecule has 148 valence electrons. The summed E-state index contributed by atoms with van der Waals surface area (Å²) in [6.07, 6.45) is 0. The minimum Gasteiger partial charge on any atom is -0.478 e. The number of carboxylic acids is 1. The standard InChI is InChI=1S/C22H15N3O5/c23-20-19(13-5-2-1-3-6-13)17-10-9-16(25(29)30)12-18(17)21(26)24(20)15-8-4-7-14(11-15)22(27)28/h1-12H,23H2,(H,27,28). The van der Waals surface area contributed by atoms with Crippen molar-refractivity contribution in [3.8, 4) is 16.8 Å². The van der Waals surface area contributed by atoms with Gasteiger partial charge in [-0.25, -0.2) is 4.79 Å². The summed E-state index contributed by atoms with van der Waals surface area (Å²) < 4.78 is 1.18. The van der Waals surface area contributed by atoms with Crippen LogP contribution in [0.5, 0.6) is 0 Å². The highest BCUT2D eigenvalue weighted by atomic mass is 16.6. The quantitative estimate of drug-likeness (QED) is 0.395. The van der Waals surface area contributed by atoms with Gasteiger partial charge in [-0.1, -0.05) is 36.4 Å². The highest BCUT2D eigenvalue weighted by Gasteiger charge is 2.20. The summed E-state index contributed by atoms with van der Waals surface area (Å²) in [4.78, 5) is 35.4. The summed E-state index contributed by atoms with van der Waals surface area (Å²) in [6.45, 7) is 0. The number of hydrogen-bond acceptors (Lipinski definition) is 5. The number of aromatic carboxylic acids is 1. The van der Waals surface area contributed by atoms with E-state index >= 15 is 0 Å². The third-order valence-electron chi connectivity index (χ3n) is 4.83. The molecule has 0 unspecified atom stereocenters. The van der Waals surface area contributed by atoms with Gasteiger partial charge in [0.15, 0.2) is 0 Å². The Morgan fingerprint density at radius 3 is 2.37 bits per heavy atom. The molecule has 3 N–H and O–H groups in total. The maximum Gasteiger partial charge on any atom is 0.335 e. The van der Waals surface area contributed by atoms with Gasteiger partial charge in [0.1, 0.15) is 5.82 Å². The molecule has 0 saturated heterocycles. The zero-order valence-corrected chi connectivity index (χ0v) is 15.5. The van der Waals surface area contributed by atoms with Gasteiger partial charge in [0, 0.05) is 17.7 Å². The molecule has 0 spiro atoms. The van der Waals surface area contributed by atoms with E-state index in [2.05, 4.69) is 0 Å². The molecule has 0 radical (unpaired) electrons. The number of hydrogen-bond donors (Lipinski definition) is 2. The predicted molar refractivity (Wildman–Crippen MR) is 113 cm³/mol. The van der Waals surface area contributed by atoms with Crippen molar-refractivity contribution in [2.24, 2.45) is 0 Å². The van der Waals surface area contributed by atoms with Crippen molar-refractivity contribution >= 4 is 28.2 Å². The second kappa shape index (κ2) is 7.17. The molecule has 0 amide bonds. The molecule has 0 bridgehead atoms. The Hall–Kier alpha value is -4.46. The summed E-state index contributed by atoms with van der Waals surface area (Å²) >= 11 is 0. The number of pyridine rings is 1. The van der Waals surface area contributed by atoms with E-state index in [4.69, 9.17) is 5.73 Å². The fraction of sp³-hybridized carbons (Fsp3) is 0. The minimum atomic E-state index is -1.15. The number of benzene rings is 3. The molecule has 0 atom stereocenters. The van der Waals surface area contributed by atoms with Crippen molar-refractivity contribution in [3.05, 3.63) is 98.8 Å². The number of anilines is 1. The largest absolute Gasteiger partial charge is 0.478 e. The van der Waals surface area contributed by atoms with Crippen LogP contribution in [0.4, 0.5) is 11.5 Å². The molecule has 3 aromatic carbocycles. The Balaban J connectivity index is 2.15. The Morgan fingerprint density at radius 2 is 1.70 bits per heavy atom. The van der Waals surface area contributed by atoms with Crippen molar-refractivity contribution in [1.82, 2.24) is 4.57 Å². The topological polar surface area (TPSA) is 128 Å². The van der Waals surface area contributed by atoms with Gasteiger partial charge >= 0.3 is 5.97 Å². The Labute approximate surface area is 169 Å². The number of fused-ring (bicyclic) bond motifs is 1. The molecule has 0 aliphatic carbocycles. The summed E-state index contributed by atoms with van der Waals surface area (Å²) in [5.74, 6) is -1.04. The van der Waals surface area contributed by atoms with Crippen molar-refractivity contribution in [2.75, 3.05) is 5.73 Å². The molecule has 4 rings (SSSR count). The second-order valence-corrected chi connectivity index (χ2v) is 6.61. The minimum absolute atomic E-state index is 0.0146. The summed E-state index contributed by atoms with van der Waals surface area (Å²) in [6, 6.07) is 18.9. The maximum atomic E-state index is 13.3. The number of rotatable bonds is 4. The van der Waals surface area contributed by atoms with Crippen LogP contribution in [-0.4, -0.2) is 20.6 Å². The third kappa shape index (κ3) is 3.06. The first kappa shape index (κ1) is 18.9. The van der Waals surface area contributed by atoms with E-state index < -0.39 is 16.5 Å². The molecule has 1 heterocycles. The maximum absolute atomic E-state index is 13.3. The van der Waals surface area contributed by atoms with Crippen LogP contribution in [0.2, 0.25) is 0 Å².